The molecule has 6 nitrogen and oxygen atoms in total. The molecule has 1 heterocycles. The van der Waals surface area contributed by atoms with Gasteiger partial charge in [0, 0.05) is 25.4 Å². The van der Waals surface area contributed by atoms with Crippen LogP contribution in [-0.4, -0.2) is 57.8 Å². The first kappa shape index (κ1) is 23.7. The SMILES string of the molecule is CCNC(=NCc1ccc(S(C)(=O)=O)c(C)c1)NCC(CC(C)C)N1CCCC1. The van der Waals surface area contributed by atoms with Crippen LogP contribution in [0.1, 0.15) is 51.2 Å². The van der Waals surface area contributed by atoms with Crippen molar-refractivity contribution in [2.24, 2.45) is 10.9 Å². The van der Waals surface area contributed by atoms with Crippen LogP contribution in [0.5, 0.6) is 0 Å². The van der Waals surface area contributed by atoms with Gasteiger partial charge in [-0.15, -0.1) is 0 Å². The van der Waals surface area contributed by atoms with Crippen molar-refractivity contribution in [3.63, 3.8) is 0 Å². The smallest absolute Gasteiger partial charge is 0.191 e. The molecule has 0 amide bonds. The zero-order valence-electron chi connectivity index (χ0n) is 18.7. The summed E-state index contributed by atoms with van der Waals surface area (Å²) < 4.78 is 23.6. The molecule has 0 radical (unpaired) electrons. The summed E-state index contributed by atoms with van der Waals surface area (Å²) in [7, 11) is -3.19. The Hall–Kier alpha value is -1.60. The van der Waals surface area contributed by atoms with Crippen LogP contribution < -0.4 is 10.6 Å². The number of rotatable bonds is 9. The van der Waals surface area contributed by atoms with Gasteiger partial charge in [0.25, 0.3) is 0 Å². The van der Waals surface area contributed by atoms with Gasteiger partial charge in [0.2, 0.25) is 0 Å². The van der Waals surface area contributed by atoms with Crippen LogP contribution >= 0.6 is 0 Å². The van der Waals surface area contributed by atoms with Crippen LogP contribution in [0.4, 0.5) is 0 Å². The van der Waals surface area contributed by atoms with E-state index < -0.39 is 9.84 Å². The van der Waals surface area contributed by atoms with Crippen molar-refractivity contribution >= 4 is 15.8 Å². The second kappa shape index (κ2) is 11.0. The van der Waals surface area contributed by atoms with Gasteiger partial charge in [0.1, 0.15) is 0 Å². The van der Waals surface area contributed by atoms with Gasteiger partial charge in [-0.25, -0.2) is 13.4 Å². The number of hydrogen-bond donors (Lipinski definition) is 2. The molecule has 7 heteroatoms. The number of nitrogens with zero attached hydrogens (tertiary/aromatic N) is 2. The summed E-state index contributed by atoms with van der Waals surface area (Å²) in [6, 6.07) is 5.97. The number of aryl methyl sites for hydroxylation is 1. The predicted molar refractivity (Wildman–Crippen MR) is 121 cm³/mol. The summed E-state index contributed by atoms with van der Waals surface area (Å²) >= 11 is 0. The minimum atomic E-state index is -3.19. The van der Waals surface area contributed by atoms with Crippen molar-refractivity contribution in [1.82, 2.24) is 15.5 Å². The van der Waals surface area contributed by atoms with E-state index in [0.717, 1.165) is 30.2 Å². The van der Waals surface area contributed by atoms with Crippen LogP contribution in [0.2, 0.25) is 0 Å². The first-order valence-electron chi connectivity index (χ1n) is 10.8. The first-order valence-corrected chi connectivity index (χ1v) is 12.7. The van der Waals surface area contributed by atoms with E-state index in [9.17, 15) is 8.42 Å². The molecular formula is C22H38N4O2S. The lowest BCUT2D eigenvalue weighted by Crippen LogP contribution is -2.47. The molecule has 1 atom stereocenters. The lowest BCUT2D eigenvalue weighted by molar-refractivity contribution is 0.213. The molecule has 2 rings (SSSR count). The Kier molecular flexibility index (Phi) is 8.96. The third-order valence-corrected chi connectivity index (χ3v) is 6.57. The summed E-state index contributed by atoms with van der Waals surface area (Å²) in [6.45, 7) is 13.0. The average Bonchev–Trinajstić information content (AvgIpc) is 3.16. The topological polar surface area (TPSA) is 73.8 Å². The Bertz CT molecular complexity index is 784. The molecule has 0 spiro atoms. The summed E-state index contributed by atoms with van der Waals surface area (Å²) in [5.74, 6) is 1.48. The molecule has 1 unspecified atom stereocenters. The van der Waals surface area contributed by atoms with Gasteiger partial charge in [-0.3, -0.25) is 4.90 Å². The molecule has 1 saturated heterocycles. The first-order chi connectivity index (χ1) is 13.7. The number of nitrogens with one attached hydrogen (secondary N) is 2. The van der Waals surface area contributed by atoms with Crippen molar-refractivity contribution in [3.05, 3.63) is 29.3 Å². The molecule has 1 aromatic carbocycles. The zero-order chi connectivity index (χ0) is 21.4. The Morgan fingerprint density at radius 1 is 1.21 bits per heavy atom. The van der Waals surface area contributed by atoms with Crippen LogP contribution in [0.15, 0.2) is 28.1 Å². The molecular weight excluding hydrogens is 384 g/mol. The van der Waals surface area contributed by atoms with E-state index in [-0.39, 0.29) is 0 Å². The van der Waals surface area contributed by atoms with E-state index in [1.54, 1.807) is 6.07 Å². The fourth-order valence-corrected chi connectivity index (χ4v) is 4.92. The maximum absolute atomic E-state index is 11.8. The van der Waals surface area contributed by atoms with E-state index >= 15 is 0 Å². The van der Waals surface area contributed by atoms with Crippen molar-refractivity contribution < 1.29 is 8.42 Å². The number of benzene rings is 1. The molecule has 0 bridgehead atoms. The molecule has 1 aliphatic rings. The number of guanidine groups is 1. The number of aliphatic imine (C=N–C) groups is 1. The number of hydrogen-bond acceptors (Lipinski definition) is 4. The normalized spacial score (nSPS) is 17.0. The molecule has 0 aromatic heterocycles. The van der Waals surface area contributed by atoms with E-state index in [1.807, 2.05) is 19.1 Å². The van der Waals surface area contributed by atoms with E-state index in [4.69, 9.17) is 4.99 Å². The monoisotopic (exact) mass is 422 g/mol. The van der Waals surface area contributed by atoms with Gasteiger partial charge in [0.15, 0.2) is 15.8 Å². The molecule has 164 valence electrons. The fraction of sp³-hybridized carbons (Fsp3) is 0.682. The third kappa shape index (κ3) is 7.63. The highest BCUT2D eigenvalue weighted by Crippen LogP contribution is 2.18. The summed E-state index contributed by atoms with van der Waals surface area (Å²) in [5.41, 5.74) is 1.77. The van der Waals surface area contributed by atoms with Gasteiger partial charge >= 0.3 is 0 Å². The largest absolute Gasteiger partial charge is 0.357 e. The molecule has 2 N–H and O–H groups in total. The van der Waals surface area contributed by atoms with E-state index in [2.05, 4.69) is 36.3 Å². The second-order valence-electron chi connectivity index (χ2n) is 8.47. The standard InChI is InChI=1S/C22H38N4O2S/c1-6-23-22(25-16-20(13-17(2)3)26-11-7-8-12-26)24-15-19-9-10-21(18(4)14-19)29(5,27)28/h9-10,14,17,20H,6-8,11-13,15-16H2,1-5H3,(H2,23,24,25). The van der Waals surface area contributed by atoms with Crippen molar-refractivity contribution in [2.75, 3.05) is 32.4 Å². The quantitative estimate of drug-likeness (QED) is 0.473. The van der Waals surface area contributed by atoms with E-state index in [0.29, 0.717) is 23.4 Å². The lowest BCUT2D eigenvalue weighted by atomic mass is 10.0. The molecule has 1 aromatic rings. The zero-order valence-corrected chi connectivity index (χ0v) is 19.5. The Balaban J connectivity index is 2.04. The highest BCUT2D eigenvalue weighted by molar-refractivity contribution is 7.90. The minimum absolute atomic E-state index is 0.386. The maximum Gasteiger partial charge on any atom is 0.191 e. The summed E-state index contributed by atoms with van der Waals surface area (Å²) in [4.78, 5) is 7.71. The van der Waals surface area contributed by atoms with E-state index in [1.165, 1.54) is 38.6 Å². The van der Waals surface area contributed by atoms with Gasteiger partial charge in [-0.1, -0.05) is 26.0 Å². The highest BCUT2D eigenvalue weighted by atomic mass is 32.2. The van der Waals surface area contributed by atoms with Crippen molar-refractivity contribution in [3.8, 4) is 0 Å². The molecule has 1 aliphatic heterocycles. The van der Waals surface area contributed by atoms with Gasteiger partial charge in [-0.2, -0.15) is 0 Å². The average molecular weight is 423 g/mol. The Morgan fingerprint density at radius 2 is 1.90 bits per heavy atom. The minimum Gasteiger partial charge on any atom is -0.357 e. The number of sulfone groups is 1. The molecule has 1 fully saturated rings. The predicted octanol–water partition coefficient (Wildman–Crippen LogP) is 2.96. The molecule has 0 saturated carbocycles. The maximum atomic E-state index is 11.8. The van der Waals surface area contributed by atoms with Crippen molar-refractivity contribution in [2.45, 2.75) is 64.4 Å². The summed E-state index contributed by atoms with van der Waals surface area (Å²) in [5, 5.41) is 6.85. The highest BCUT2D eigenvalue weighted by Gasteiger charge is 2.22. The van der Waals surface area contributed by atoms with Crippen LogP contribution in [0.3, 0.4) is 0 Å². The van der Waals surface area contributed by atoms with Crippen LogP contribution in [0.25, 0.3) is 0 Å². The van der Waals surface area contributed by atoms with Crippen molar-refractivity contribution in [1.29, 1.82) is 0 Å². The third-order valence-electron chi connectivity index (χ3n) is 5.31. The fourth-order valence-electron chi connectivity index (χ4n) is 3.96. The van der Waals surface area contributed by atoms with Gasteiger partial charge < -0.3 is 10.6 Å². The van der Waals surface area contributed by atoms with Gasteiger partial charge in [-0.05, 0) is 69.3 Å². The van der Waals surface area contributed by atoms with Crippen LogP contribution in [-0.2, 0) is 16.4 Å². The molecule has 29 heavy (non-hydrogen) atoms. The lowest BCUT2D eigenvalue weighted by Gasteiger charge is -2.29. The summed E-state index contributed by atoms with van der Waals surface area (Å²) in [6.07, 6.45) is 5.02. The van der Waals surface area contributed by atoms with Crippen LogP contribution in [0, 0.1) is 12.8 Å². The Morgan fingerprint density at radius 3 is 2.45 bits per heavy atom. The Labute approximate surface area is 177 Å². The molecule has 0 aliphatic carbocycles. The second-order valence-corrected chi connectivity index (χ2v) is 10.5. The van der Waals surface area contributed by atoms with Gasteiger partial charge in [0.05, 0.1) is 11.4 Å². The number of likely N-dealkylation sites (tertiary alicyclic amines) is 1.